The molecule has 0 radical (unpaired) electrons. The Morgan fingerprint density at radius 1 is 1.11 bits per heavy atom. The number of nitrogens with one attached hydrogen (secondary N) is 1. The average molecular weight is 261 g/mol. The van der Waals surface area contributed by atoms with Crippen LogP contribution < -0.4 is 5.32 Å². The van der Waals surface area contributed by atoms with Gasteiger partial charge in [0.1, 0.15) is 0 Å². The second kappa shape index (κ2) is 5.46. The molecule has 0 fully saturated rings. The number of benzene rings is 1. The van der Waals surface area contributed by atoms with Crippen LogP contribution in [-0.4, -0.2) is 19.2 Å². The second-order valence-electron chi connectivity index (χ2n) is 3.71. The van der Waals surface area contributed by atoms with Gasteiger partial charge in [-0.15, -0.1) is 0 Å². The van der Waals surface area contributed by atoms with Gasteiger partial charge < -0.3 is 5.32 Å². The lowest BCUT2D eigenvalue weighted by Crippen LogP contribution is -2.28. The summed E-state index contributed by atoms with van der Waals surface area (Å²) in [5.74, 6) is -1.13. The SMILES string of the molecule is O=C(Nc1ccccc1)C1C=CC=CC1=S(=O)=O. The first-order valence-electron chi connectivity index (χ1n) is 5.35. The summed E-state index contributed by atoms with van der Waals surface area (Å²) < 4.78 is 22.0. The van der Waals surface area contributed by atoms with Crippen molar-refractivity contribution in [1.82, 2.24) is 0 Å². The van der Waals surface area contributed by atoms with Gasteiger partial charge in [-0.1, -0.05) is 36.4 Å². The highest BCUT2D eigenvalue weighted by Crippen LogP contribution is 2.13. The molecule has 18 heavy (non-hydrogen) atoms. The molecule has 4 nitrogen and oxygen atoms in total. The molecular formula is C13H11NO3S. The summed E-state index contributed by atoms with van der Waals surface area (Å²) in [5.41, 5.74) is 0.640. The summed E-state index contributed by atoms with van der Waals surface area (Å²) in [6.07, 6.45) is 6.24. The first kappa shape index (κ1) is 12.3. The van der Waals surface area contributed by atoms with Crippen LogP contribution in [0.15, 0.2) is 54.6 Å². The quantitative estimate of drug-likeness (QED) is 0.819. The Bertz CT molecular complexity index is 634. The van der Waals surface area contributed by atoms with Crippen LogP contribution in [-0.2, 0) is 15.1 Å². The lowest BCUT2D eigenvalue weighted by atomic mass is 9.99. The lowest BCUT2D eigenvalue weighted by Gasteiger charge is -2.13. The molecular weight excluding hydrogens is 250 g/mol. The molecule has 1 amide bonds. The van der Waals surface area contributed by atoms with Crippen LogP contribution >= 0.6 is 0 Å². The Hall–Kier alpha value is -2.14. The van der Waals surface area contributed by atoms with E-state index < -0.39 is 16.2 Å². The highest BCUT2D eigenvalue weighted by atomic mass is 32.2. The Kier molecular flexibility index (Phi) is 3.74. The largest absolute Gasteiger partial charge is 0.325 e. The zero-order valence-corrected chi connectivity index (χ0v) is 10.2. The molecule has 1 aromatic carbocycles. The van der Waals surface area contributed by atoms with Crippen molar-refractivity contribution >= 4 is 26.8 Å². The van der Waals surface area contributed by atoms with Crippen LogP contribution in [0, 0.1) is 5.92 Å². The molecule has 0 bridgehead atoms. The Balaban J connectivity index is 2.22. The lowest BCUT2D eigenvalue weighted by molar-refractivity contribution is -0.116. The van der Waals surface area contributed by atoms with Crippen LogP contribution in [0.3, 0.4) is 0 Å². The molecule has 1 aliphatic rings. The zero-order valence-electron chi connectivity index (χ0n) is 9.41. The summed E-state index contributed by atoms with van der Waals surface area (Å²) >= 11 is 0. The maximum Gasteiger partial charge on any atom is 0.236 e. The minimum atomic E-state index is -2.39. The van der Waals surface area contributed by atoms with E-state index in [9.17, 15) is 13.2 Å². The number of hydrogen-bond donors (Lipinski definition) is 1. The number of hydrogen-bond acceptors (Lipinski definition) is 3. The number of para-hydroxylation sites is 1. The van der Waals surface area contributed by atoms with Gasteiger partial charge in [0.2, 0.25) is 16.2 Å². The third kappa shape index (κ3) is 2.75. The molecule has 0 aromatic heterocycles. The summed E-state index contributed by atoms with van der Waals surface area (Å²) in [6.45, 7) is 0. The first-order valence-corrected chi connectivity index (χ1v) is 6.43. The van der Waals surface area contributed by atoms with Gasteiger partial charge in [-0.05, 0) is 18.2 Å². The molecule has 0 saturated heterocycles. The molecule has 0 saturated carbocycles. The van der Waals surface area contributed by atoms with Crippen molar-refractivity contribution in [2.45, 2.75) is 0 Å². The van der Waals surface area contributed by atoms with Crippen molar-refractivity contribution in [1.29, 1.82) is 0 Å². The van der Waals surface area contributed by atoms with Gasteiger partial charge in [0, 0.05) is 5.69 Å². The number of anilines is 1. The van der Waals surface area contributed by atoms with E-state index in [2.05, 4.69) is 5.32 Å². The fourth-order valence-corrected chi connectivity index (χ4v) is 2.22. The molecule has 1 aromatic rings. The van der Waals surface area contributed by atoms with Crippen LogP contribution in [0.25, 0.3) is 0 Å². The van der Waals surface area contributed by atoms with E-state index in [1.54, 1.807) is 42.5 Å². The first-order chi connectivity index (χ1) is 8.68. The number of carbonyl (C=O) groups excluding carboxylic acids is 1. The molecule has 2 rings (SSSR count). The van der Waals surface area contributed by atoms with Crippen molar-refractivity contribution in [3.05, 3.63) is 54.6 Å². The van der Waals surface area contributed by atoms with Crippen LogP contribution in [0.1, 0.15) is 0 Å². The summed E-state index contributed by atoms with van der Waals surface area (Å²) in [6, 6.07) is 8.91. The Morgan fingerprint density at radius 2 is 1.83 bits per heavy atom. The molecule has 0 spiro atoms. The highest BCUT2D eigenvalue weighted by Gasteiger charge is 2.22. The van der Waals surface area contributed by atoms with Gasteiger partial charge in [0.25, 0.3) is 0 Å². The van der Waals surface area contributed by atoms with Crippen LogP contribution in [0.5, 0.6) is 0 Å². The fraction of sp³-hybridized carbons (Fsp3) is 0.0769. The van der Waals surface area contributed by atoms with Crippen LogP contribution in [0.4, 0.5) is 5.69 Å². The van der Waals surface area contributed by atoms with E-state index in [4.69, 9.17) is 0 Å². The topological polar surface area (TPSA) is 63.2 Å². The van der Waals surface area contributed by atoms with E-state index in [-0.39, 0.29) is 10.8 Å². The smallest absolute Gasteiger partial charge is 0.236 e. The molecule has 1 N–H and O–H groups in total. The maximum absolute atomic E-state index is 12.0. The van der Waals surface area contributed by atoms with E-state index >= 15 is 0 Å². The number of carbonyl (C=O) groups is 1. The second-order valence-corrected chi connectivity index (χ2v) is 4.65. The minimum absolute atomic E-state index is 0.0749. The third-order valence-electron chi connectivity index (χ3n) is 2.50. The third-order valence-corrected chi connectivity index (χ3v) is 3.27. The van der Waals surface area contributed by atoms with Gasteiger partial charge in [-0.2, -0.15) is 8.42 Å². The normalized spacial score (nSPS) is 17.6. The van der Waals surface area contributed by atoms with Crippen molar-refractivity contribution in [3.8, 4) is 0 Å². The summed E-state index contributed by atoms with van der Waals surface area (Å²) in [5, 5.41) is 2.68. The van der Waals surface area contributed by atoms with E-state index in [1.165, 1.54) is 6.08 Å². The molecule has 1 unspecified atom stereocenters. The van der Waals surface area contributed by atoms with Gasteiger partial charge in [0.15, 0.2) is 0 Å². The summed E-state index contributed by atoms with van der Waals surface area (Å²) in [4.78, 5) is 12.1. The van der Waals surface area contributed by atoms with Gasteiger partial charge in [-0.3, -0.25) is 4.79 Å². The van der Waals surface area contributed by atoms with E-state index in [0.717, 1.165) is 0 Å². The van der Waals surface area contributed by atoms with Gasteiger partial charge in [0.05, 0.1) is 10.8 Å². The van der Waals surface area contributed by atoms with Crippen molar-refractivity contribution in [2.24, 2.45) is 5.92 Å². The van der Waals surface area contributed by atoms with E-state index in [1.807, 2.05) is 6.07 Å². The van der Waals surface area contributed by atoms with Crippen molar-refractivity contribution in [2.75, 3.05) is 5.32 Å². The summed E-state index contributed by atoms with van der Waals surface area (Å²) in [7, 11) is -2.39. The molecule has 1 atom stereocenters. The predicted octanol–water partition coefficient (Wildman–Crippen LogP) is 1.42. The Morgan fingerprint density at radius 3 is 2.50 bits per heavy atom. The molecule has 0 heterocycles. The standard InChI is InChI=1S/C13H11NO3S/c15-13(14-10-6-2-1-3-7-10)11-8-4-5-9-12(11)18(16)17/h1-9,11H,(H,14,15). The predicted molar refractivity (Wildman–Crippen MR) is 70.8 cm³/mol. The number of rotatable bonds is 2. The average Bonchev–Trinajstić information content (AvgIpc) is 2.40. The molecule has 1 aliphatic carbocycles. The van der Waals surface area contributed by atoms with Gasteiger partial charge in [-0.25, -0.2) is 0 Å². The Labute approximate surface area is 106 Å². The maximum atomic E-state index is 12.0. The van der Waals surface area contributed by atoms with Gasteiger partial charge >= 0.3 is 0 Å². The zero-order chi connectivity index (χ0) is 13.0. The van der Waals surface area contributed by atoms with Crippen molar-refractivity contribution in [3.63, 3.8) is 0 Å². The van der Waals surface area contributed by atoms with E-state index in [0.29, 0.717) is 5.69 Å². The number of amides is 1. The number of allylic oxidation sites excluding steroid dienone is 3. The minimum Gasteiger partial charge on any atom is -0.325 e. The monoisotopic (exact) mass is 261 g/mol. The fourth-order valence-electron chi connectivity index (χ4n) is 1.64. The highest BCUT2D eigenvalue weighted by molar-refractivity contribution is 7.73. The van der Waals surface area contributed by atoms with Crippen LogP contribution in [0.2, 0.25) is 0 Å². The molecule has 5 heteroatoms. The molecule has 92 valence electrons. The van der Waals surface area contributed by atoms with Crippen molar-refractivity contribution < 1.29 is 13.2 Å². The molecule has 0 aliphatic heterocycles.